The monoisotopic (exact) mass is 399 g/mol. The third kappa shape index (κ3) is 5.51. The third-order valence-corrected chi connectivity index (χ3v) is 4.83. The standard InChI is InChI=1S/C20H21N3O4S/c1-23(2)15-9-7-14(8-10-15)21-18(24)11-27-20(25)13-26-12-19-22-16-5-3-4-6-17(16)28-19/h3-10H,11-13H2,1-2H3,(H,21,24). The SMILES string of the molecule is CN(C)c1ccc(NC(=O)COC(=O)COCc2nc3ccccc3s2)cc1. The molecular weight excluding hydrogens is 378 g/mol. The van der Waals surface area contributed by atoms with Crippen molar-refractivity contribution < 1.29 is 19.1 Å². The minimum absolute atomic E-state index is 0.221. The zero-order valence-electron chi connectivity index (χ0n) is 15.7. The molecule has 0 unspecified atom stereocenters. The van der Waals surface area contributed by atoms with Crippen molar-refractivity contribution in [2.75, 3.05) is 37.5 Å². The smallest absolute Gasteiger partial charge is 0.332 e. The highest BCUT2D eigenvalue weighted by molar-refractivity contribution is 7.18. The van der Waals surface area contributed by atoms with Crippen LogP contribution in [0.25, 0.3) is 10.2 Å². The predicted molar refractivity (Wildman–Crippen MR) is 110 cm³/mol. The van der Waals surface area contributed by atoms with Crippen molar-refractivity contribution in [3.8, 4) is 0 Å². The quantitative estimate of drug-likeness (QED) is 0.587. The molecule has 0 aliphatic heterocycles. The number of anilines is 2. The number of fused-ring (bicyclic) bond motifs is 1. The summed E-state index contributed by atoms with van der Waals surface area (Å²) >= 11 is 1.52. The van der Waals surface area contributed by atoms with Crippen molar-refractivity contribution in [2.45, 2.75) is 6.61 Å². The molecule has 7 nitrogen and oxygen atoms in total. The number of carbonyl (C=O) groups is 2. The molecule has 0 atom stereocenters. The van der Waals surface area contributed by atoms with Crippen LogP contribution in [0.4, 0.5) is 11.4 Å². The largest absolute Gasteiger partial charge is 0.454 e. The van der Waals surface area contributed by atoms with Gasteiger partial charge in [0.1, 0.15) is 11.6 Å². The molecule has 1 amide bonds. The number of nitrogens with one attached hydrogen (secondary N) is 1. The number of esters is 1. The first-order chi connectivity index (χ1) is 13.5. The van der Waals surface area contributed by atoms with E-state index in [2.05, 4.69) is 10.3 Å². The van der Waals surface area contributed by atoms with Crippen LogP contribution in [0.15, 0.2) is 48.5 Å². The number of rotatable bonds is 8. The molecule has 1 N–H and O–H groups in total. The molecule has 3 aromatic rings. The second kappa shape index (κ2) is 9.29. The maximum atomic E-state index is 11.9. The van der Waals surface area contributed by atoms with Gasteiger partial charge in [-0.2, -0.15) is 0 Å². The first-order valence-corrected chi connectivity index (χ1v) is 9.48. The Hall–Kier alpha value is -2.97. The van der Waals surface area contributed by atoms with Crippen LogP contribution in [0, 0.1) is 0 Å². The van der Waals surface area contributed by atoms with Crippen molar-refractivity contribution in [2.24, 2.45) is 0 Å². The lowest BCUT2D eigenvalue weighted by molar-refractivity contribution is -0.152. The zero-order valence-corrected chi connectivity index (χ0v) is 16.5. The Morgan fingerprint density at radius 3 is 2.54 bits per heavy atom. The van der Waals surface area contributed by atoms with Gasteiger partial charge in [-0.15, -0.1) is 11.3 Å². The molecule has 0 saturated carbocycles. The van der Waals surface area contributed by atoms with E-state index in [1.165, 1.54) is 11.3 Å². The summed E-state index contributed by atoms with van der Waals surface area (Å²) in [5, 5.41) is 3.46. The number of amides is 1. The van der Waals surface area contributed by atoms with Gasteiger partial charge in [0.05, 0.1) is 16.8 Å². The Labute approximate surface area is 166 Å². The Bertz CT molecular complexity index is 920. The highest BCUT2D eigenvalue weighted by atomic mass is 32.1. The van der Waals surface area contributed by atoms with Crippen LogP contribution >= 0.6 is 11.3 Å². The molecule has 0 aliphatic rings. The van der Waals surface area contributed by atoms with E-state index in [1.807, 2.05) is 55.4 Å². The number of thiazole rings is 1. The summed E-state index contributed by atoms with van der Waals surface area (Å²) in [4.78, 5) is 30.0. The van der Waals surface area contributed by atoms with Crippen molar-refractivity contribution in [3.63, 3.8) is 0 Å². The fourth-order valence-corrected chi connectivity index (χ4v) is 3.34. The summed E-state index contributed by atoms with van der Waals surface area (Å²) in [7, 11) is 3.87. The maximum Gasteiger partial charge on any atom is 0.332 e. The number of hydrogen-bond donors (Lipinski definition) is 1. The number of ether oxygens (including phenoxy) is 2. The van der Waals surface area contributed by atoms with Crippen LogP contribution in [-0.2, 0) is 25.7 Å². The fourth-order valence-electron chi connectivity index (χ4n) is 2.43. The van der Waals surface area contributed by atoms with Crippen LogP contribution in [-0.4, -0.2) is 44.2 Å². The Morgan fingerprint density at radius 2 is 1.82 bits per heavy atom. The molecule has 0 spiro atoms. The number of aromatic nitrogens is 1. The normalized spacial score (nSPS) is 10.6. The summed E-state index contributed by atoms with van der Waals surface area (Å²) in [5.74, 6) is -1.00. The number of benzene rings is 2. The molecule has 1 heterocycles. The van der Waals surface area contributed by atoms with Crippen LogP contribution < -0.4 is 10.2 Å². The second-order valence-corrected chi connectivity index (χ2v) is 7.33. The third-order valence-electron chi connectivity index (χ3n) is 3.82. The summed E-state index contributed by atoms with van der Waals surface area (Å²) in [5.41, 5.74) is 2.57. The van der Waals surface area contributed by atoms with Gasteiger partial charge in [-0.05, 0) is 36.4 Å². The molecule has 3 rings (SSSR count). The van der Waals surface area contributed by atoms with E-state index >= 15 is 0 Å². The minimum Gasteiger partial charge on any atom is -0.454 e. The molecule has 0 bridgehead atoms. The van der Waals surface area contributed by atoms with Gasteiger partial charge in [-0.1, -0.05) is 12.1 Å². The van der Waals surface area contributed by atoms with E-state index in [9.17, 15) is 9.59 Å². The second-order valence-electron chi connectivity index (χ2n) is 6.22. The number of nitrogens with zero attached hydrogens (tertiary/aromatic N) is 2. The van der Waals surface area contributed by atoms with Gasteiger partial charge in [-0.25, -0.2) is 9.78 Å². The molecule has 1 aromatic heterocycles. The minimum atomic E-state index is -0.598. The van der Waals surface area contributed by atoms with Gasteiger partial charge >= 0.3 is 5.97 Å². The molecule has 0 radical (unpaired) electrons. The van der Waals surface area contributed by atoms with E-state index in [-0.39, 0.29) is 19.8 Å². The number of hydrogen-bond acceptors (Lipinski definition) is 7. The maximum absolute atomic E-state index is 11.9. The molecule has 0 aliphatic carbocycles. The van der Waals surface area contributed by atoms with Crippen LogP contribution in [0.3, 0.4) is 0 Å². The molecule has 28 heavy (non-hydrogen) atoms. The van der Waals surface area contributed by atoms with Gasteiger partial charge in [0.2, 0.25) is 0 Å². The molecule has 0 saturated heterocycles. The van der Waals surface area contributed by atoms with Gasteiger partial charge in [-0.3, -0.25) is 4.79 Å². The van der Waals surface area contributed by atoms with Crippen LogP contribution in [0.1, 0.15) is 5.01 Å². The van der Waals surface area contributed by atoms with Gasteiger partial charge < -0.3 is 19.7 Å². The zero-order chi connectivity index (χ0) is 19.9. The summed E-state index contributed by atoms with van der Waals surface area (Å²) in [6.45, 7) is -0.377. The summed E-state index contributed by atoms with van der Waals surface area (Å²) in [6, 6.07) is 15.1. The Morgan fingerprint density at radius 1 is 1.07 bits per heavy atom. The predicted octanol–water partition coefficient (Wildman–Crippen LogP) is 3.06. The summed E-state index contributed by atoms with van der Waals surface area (Å²) < 4.78 is 11.3. The van der Waals surface area contributed by atoms with Crippen LogP contribution in [0.2, 0.25) is 0 Å². The lowest BCUT2D eigenvalue weighted by Gasteiger charge is -2.13. The van der Waals surface area contributed by atoms with Gasteiger partial charge in [0.15, 0.2) is 6.61 Å². The van der Waals surface area contributed by atoms with Crippen molar-refractivity contribution in [1.29, 1.82) is 0 Å². The average molecular weight is 399 g/mol. The molecule has 2 aromatic carbocycles. The van der Waals surface area contributed by atoms with Gasteiger partial charge in [0, 0.05) is 25.5 Å². The van der Waals surface area contributed by atoms with E-state index in [1.54, 1.807) is 12.1 Å². The lowest BCUT2D eigenvalue weighted by atomic mass is 10.2. The van der Waals surface area contributed by atoms with Crippen LogP contribution in [0.5, 0.6) is 0 Å². The van der Waals surface area contributed by atoms with E-state index in [0.29, 0.717) is 5.69 Å². The Balaban J connectivity index is 1.37. The molecule has 146 valence electrons. The first kappa shape index (κ1) is 19.8. The summed E-state index contributed by atoms with van der Waals surface area (Å²) in [6.07, 6.45) is 0. The molecule has 8 heteroatoms. The van der Waals surface area contributed by atoms with Crippen molar-refractivity contribution >= 4 is 44.8 Å². The lowest BCUT2D eigenvalue weighted by Crippen LogP contribution is -2.22. The Kier molecular flexibility index (Phi) is 6.57. The molecular formula is C20H21N3O4S. The highest BCUT2D eigenvalue weighted by Crippen LogP contribution is 2.21. The van der Waals surface area contributed by atoms with E-state index < -0.39 is 11.9 Å². The fraction of sp³-hybridized carbons (Fsp3) is 0.250. The van der Waals surface area contributed by atoms with E-state index in [4.69, 9.17) is 9.47 Å². The average Bonchev–Trinajstić information content (AvgIpc) is 3.09. The van der Waals surface area contributed by atoms with E-state index in [0.717, 1.165) is 20.9 Å². The first-order valence-electron chi connectivity index (χ1n) is 8.66. The van der Waals surface area contributed by atoms with Gasteiger partial charge in [0.25, 0.3) is 5.91 Å². The number of carbonyl (C=O) groups excluding carboxylic acids is 2. The van der Waals surface area contributed by atoms with Crippen molar-refractivity contribution in [3.05, 3.63) is 53.5 Å². The molecule has 0 fully saturated rings. The number of para-hydroxylation sites is 1. The van der Waals surface area contributed by atoms with Crippen molar-refractivity contribution in [1.82, 2.24) is 4.98 Å². The highest BCUT2D eigenvalue weighted by Gasteiger charge is 2.10. The topological polar surface area (TPSA) is 80.8 Å².